The molecule has 0 unspecified atom stereocenters. The van der Waals surface area contributed by atoms with Crippen LogP contribution in [0, 0.1) is 12.7 Å². The highest BCUT2D eigenvalue weighted by atomic mass is 79.9. The quantitative estimate of drug-likeness (QED) is 0.776. The van der Waals surface area contributed by atoms with Gasteiger partial charge in [0.25, 0.3) is 10.0 Å². The van der Waals surface area contributed by atoms with E-state index < -0.39 is 15.8 Å². The lowest BCUT2D eigenvalue weighted by Crippen LogP contribution is -2.15. The maximum absolute atomic E-state index is 13.2. The van der Waals surface area contributed by atoms with Crippen LogP contribution < -0.4 is 10.5 Å². The first-order valence-electron chi connectivity index (χ1n) is 5.74. The minimum atomic E-state index is -3.91. The van der Waals surface area contributed by atoms with Crippen LogP contribution in [0.3, 0.4) is 0 Å². The number of nitrogens with one attached hydrogen (secondary N) is 1. The minimum absolute atomic E-state index is 0.0134. The molecule has 0 fully saturated rings. The van der Waals surface area contributed by atoms with Crippen LogP contribution >= 0.6 is 27.5 Å². The van der Waals surface area contributed by atoms with E-state index in [4.69, 9.17) is 17.3 Å². The Hall–Kier alpha value is -1.31. The maximum atomic E-state index is 13.2. The Labute approximate surface area is 135 Å². The summed E-state index contributed by atoms with van der Waals surface area (Å²) in [6.45, 7) is 1.60. The van der Waals surface area contributed by atoms with E-state index in [1.54, 1.807) is 6.92 Å². The molecular formula is C13H11BrClFN2O2S. The van der Waals surface area contributed by atoms with Gasteiger partial charge in [0.2, 0.25) is 0 Å². The topological polar surface area (TPSA) is 72.2 Å². The molecule has 21 heavy (non-hydrogen) atoms. The molecule has 0 radical (unpaired) electrons. The number of anilines is 2. The Morgan fingerprint density at radius 2 is 1.95 bits per heavy atom. The molecule has 3 N–H and O–H groups in total. The van der Waals surface area contributed by atoms with Gasteiger partial charge in [-0.3, -0.25) is 4.72 Å². The predicted octanol–water partition coefficient (Wildman–Crippen LogP) is 3.93. The van der Waals surface area contributed by atoms with Gasteiger partial charge in [-0.15, -0.1) is 0 Å². The summed E-state index contributed by atoms with van der Waals surface area (Å²) in [5.74, 6) is -0.553. The molecule has 0 aromatic heterocycles. The predicted molar refractivity (Wildman–Crippen MR) is 85.5 cm³/mol. The second kappa shape index (κ2) is 5.82. The van der Waals surface area contributed by atoms with Crippen LogP contribution in [-0.4, -0.2) is 8.42 Å². The fraction of sp³-hybridized carbons (Fsp3) is 0.0769. The van der Waals surface area contributed by atoms with Crippen molar-refractivity contribution in [3.05, 3.63) is 51.2 Å². The second-order valence-corrected chi connectivity index (χ2v) is 7.28. The van der Waals surface area contributed by atoms with Gasteiger partial charge in [-0.05, 0) is 58.7 Å². The Morgan fingerprint density at radius 3 is 2.62 bits per heavy atom. The van der Waals surface area contributed by atoms with Gasteiger partial charge in [-0.2, -0.15) is 0 Å². The van der Waals surface area contributed by atoms with Gasteiger partial charge in [0.05, 0.1) is 21.3 Å². The molecular weight excluding hydrogens is 383 g/mol. The van der Waals surface area contributed by atoms with Crippen molar-refractivity contribution in [2.75, 3.05) is 10.5 Å². The molecule has 112 valence electrons. The van der Waals surface area contributed by atoms with Gasteiger partial charge < -0.3 is 5.73 Å². The highest BCUT2D eigenvalue weighted by Crippen LogP contribution is 2.30. The van der Waals surface area contributed by atoms with Crippen LogP contribution in [0.5, 0.6) is 0 Å². The SMILES string of the molecule is Cc1cc(Cl)c(N)cc1S(=O)(=O)Nc1cc(F)ccc1Br. The summed E-state index contributed by atoms with van der Waals surface area (Å²) in [6, 6.07) is 6.44. The Morgan fingerprint density at radius 1 is 1.29 bits per heavy atom. The molecule has 0 bridgehead atoms. The molecule has 0 saturated carbocycles. The summed E-state index contributed by atoms with van der Waals surface area (Å²) in [7, 11) is -3.91. The zero-order chi connectivity index (χ0) is 15.8. The van der Waals surface area contributed by atoms with Crippen molar-refractivity contribution >= 4 is 48.9 Å². The van der Waals surface area contributed by atoms with Crippen LogP contribution in [-0.2, 0) is 10.0 Å². The van der Waals surface area contributed by atoms with Gasteiger partial charge in [-0.1, -0.05) is 11.6 Å². The van der Waals surface area contributed by atoms with E-state index in [9.17, 15) is 12.8 Å². The van der Waals surface area contributed by atoms with Crippen molar-refractivity contribution in [2.45, 2.75) is 11.8 Å². The lowest BCUT2D eigenvalue weighted by molar-refractivity contribution is 0.600. The summed E-state index contributed by atoms with van der Waals surface area (Å²) in [6.07, 6.45) is 0. The molecule has 0 aliphatic carbocycles. The lowest BCUT2D eigenvalue weighted by Gasteiger charge is -2.13. The van der Waals surface area contributed by atoms with Crippen molar-refractivity contribution in [1.29, 1.82) is 0 Å². The molecule has 0 amide bonds. The van der Waals surface area contributed by atoms with Gasteiger partial charge >= 0.3 is 0 Å². The van der Waals surface area contributed by atoms with E-state index in [-0.39, 0.29) is 21.3 Å². The van der Waals surface area contributed by atoms with E-state index in [1.165, 1.54) is 24.3 Å². The molecule has 0 aliphatic heterocycles. The smallest absolute Gasteiger partial charge is 0.262 e. The average Bonchev–Trinajstić information content (AvgIpc) is 2.37. The molecule has 0 saturated heterocycles. The van der Waals surface area contributed by atoms with Gasteiger partial charge in [-0.25, -0.2) is 12.8 Å². The number of sulfonamides is 1. The molecule has 0 spiro atoms. The molecule has 4 nitrogen and oxygen atoms in total. The van der Waals surface area contributed by atoms with Crippen molar-refractivity contribution in [1.82, 2.24) is 0 Å². The van der Waals surface area contributed by atoms with Gasteiger partial charge in [0.1, 0.15) is 5.82 Å². The van der Waals surface area contributed by atoms with E-state index in [0.717, 1.165) is 6.07 Å². The molecule has 2 aromatic rings. The highest BCUT2D eigenvalue weighted by Gasteiger charge is 2.20. The molecule has 0 heterocycles. The Balaban J connectivity index is 2.48. The number of halogens is 3. The Bertz CT molecular complexity index is 812. The Kier molecular flexibility index (Phi) is 4.46. The second-order valence-electron chi connectivity index (χ2n) is 4.37. The maximum Gasteiger partial charge on any atom is 0.262 e. The summed E-state index contributed by atoms with van der Waals surface area (Å²) >= 11 is 9.01. The third kappa shape index (κ3) is 3.48. The van der Waals surface area contributed by atoms with Crippen LogP contribution in [0.2, 0.25) is 5.02 Å². The van der Waals surface area contributed by atoms with Crippen molar-refractivity contribution in [3.8, 4) is 0 Å². The minimum Gasteiger partial charge on any atom is -0.397 e. The summed E-state index contributed by atoms with van der Waals surface area (Å²) < 4.78 is 40.8. The lowest BCUT2D eigenvalue weighted by atomic mass is 10.2. The van der Waals surface area contributed by atoms with E-state index in [1.807, 2.05) is 0 Å². The molecule has 2 rings (SSSR count). The van der Waals surface area contributed by atoms with E-state index in [0.29, 0.717) is 10.0 Å². The number of nitrogen functional groups attached to an aromatic ring is 1. The first-order valence-corrected chi connectivity index (χ1v) is 8.39. The molecule has 0 aliphatic rings. The zero-order valence-electron chi connectivity index (χ0n) is 10.8. The van der Waals surface area contributed by atoms with Crippen LogP contribution in [0.25, 0.3) is 0 Å². The van der Waals surface area contributed by atoms with Gasteiger partial charge in [0.15, 0.2) is 0 Å². The number of rotatable bonds is 3. The highest BCUT2D eigenvalue weighted by molar-refractivity contribution is 9.10. The largest absolute Gasteiger partial charge is 0.397 e. The first kappa shape index (κ1) is 16.1. The van der Waals surface area contributed by atoms with Gasteiger partial charge in [0, 0.05) is 4.47 Å². The fourth-order valence-corrected chi connectivity index (χ4v) is 3.76. The van der Waals surface area contributed by atoms with Crippen molar-refractivity contribution < 1.29 is 12.8 Å². The standard InChI is InChI=1S/C13H11BrClFN2O2S/c1-7-4-10(15)11(17)6-13(7)21(19,20)18-12-5-8(16)2-3-9(12)14/h2-6,18H,17H2,1H3. The zero-order valence-corrected chi connectivity index (χ0v) is 14.0. The third-order valence-corrected chi connectivity index (χ3v) is 5.28. The molecule has 8 heteroatoms. The number of benzene rings is 2. The fourth-order valence-electron chi connectivity index (χ4n) is 1.73. The summed E-state index contributed by atoms with van der Waals surface area (Å²) in [4.78, 5) is -0.0134. The van der Waals surface area contributed by atoms with Crippen LogP contribution in [0.1, 0.15) is 5.56 Å². The molecule has 0 atom stereocenters. The normalized spacial score (nSPS) is 11.4. The van der Waals surface area contributed by atoms with E-state index in [2.05, 4.69) is 20.7 Å². The monoisotopic (exact) mass is 392 g/mol. The van der Waals surface area contributed by atoms with Crippen LogP contribution in [0.4, 0.5) is 15.8 Å². The third-order valence-electron chi connectivity index (χ3n) is 2.76. The first-order chi connectivity index (χ1) is 9.70. The summed E-state index contributed by atoms with van der Waals surface area (Å²) in [5.41, 5.74) is 6.33. The summed E-state index contributed by atoms with van der Waals surface area (Å²) in [5, 5.41) is 0.276. The van der Waals surface area contributed by atoms with Crippen molar-refractivity contribution in [2.24, 2.45) is 0 Å². The number of aryl methyl sites for hydroxylation is 1. The number of hydrogen-bond donors (Lipinski definition) is 2. The van der Waals surface area contributed by atoms with E-state index >= 15 is 0 Å². The van der Waals surface area contributed by atoms with Crippen molar-refractivity contribution in [3.63, 3.8) is 0 Å². The number of hydrogen-bond acceptors (Lipinski definition) is 3. The average molecular weight is 394 g/mol. The van der Waals surface area contributed by atoms with Crippen LogP contribution in [0.15, 0.2) is 39.7 Å². The number of nitrogens with two attached hydrogens (primary N) is 1. The molecule has 2 aromatic carbocycles.